The van der Waals surface area contributed by atoms with Crippen molar-refractivity contribution in [2.24, 2.45) is 5.84 Å². The van der Waals surface area contributed by atoms with E-state index in [4.69, 9.17) is 5.84 Å². The summed E-state index contributed by atoms with van der Waals surface area (Å²) in [6, 6.07) is 1.68. The first-order chi connectivity index (χ1) is 4.93. The van der Waals surface area contributed by atoms with Crippen LogP contribution in [-0.2, 0) is 0 Å². The molecule has 0 saturated carbocycles. The van der Waals surface area contributed by atoms with Gasteiger partial charge in [-0.25, -0.2) is 15.8 Å². The molecule has 0 aliphatic carbocycles. The second-order valence-electron chi connectivity index (χ2n) is 1.24. The third-order valence-electron chi connectivity index (χ3n) is 0.730. The van der Waals surface area contributed by atoms with Crippen LogP contribution in [0.2, 0.25) is 0 Å². The predicted octanol–water partition coefficient (Wildman–Crippen LogP) is 0.788. The zero-order valence-electron chi connectivity index (χ0n) is 6.20. The van der Waals surface area contributed by atoms with E-state index in [-0.39, 0.29) is 0 Å². The Bertz CT molecular complexity index is 151. The first-order valence-electron chi connectivity index (χ1n) is 3.16. The molecule has 1 aromatic rings. The minimum Gasteiger partial charge on any atom is -0.308 e. The number of hydrogen-bond donors (Lipinski definition) is 2. The number of nitrogens with one attached hydrogen (secondary N) is 1. The van der Waals surface area contributed by atoms with E-state index in [0.717, 1.165) is 0 Å². The molecule has 0 radical (unpaired) electrons. The summed E-state index contributed by atoms with van der Waals surface area (Å²) in [5, 5.41) is 0. The second kappa shape index (κ2) is 5.97. The largest absolute Gasteiger partial charge is 0.308 e. The fourth-order valence-corrected chi connectivity index (χ4v) is 0.376. The lowest BCUT2D eigenvalue weighted by molar-refractivity contribution is 1.14. The Morgan fingerprint density at radius 3 is 2.50 bits per heavy atom. The van der Waals surface area contributed by atoms with Crippen molar-refractivity contribution in [3.8, 4) is 0 Å². The zero-order chi connectivity index (χ0) is 7.82. The molecule has 0 unspecified atom stereocenters. The summed E-state index contributed by atoms with van der Waals surface area (Å²) in [5.41, 5.74) is 2.38. The van der Waals surface area contributed by atoms with Crippen molar-refractivity contribution in [3.05, 3.63) is 18.6 Å². The van der Waals surface area contributed by atoms with Gasteiger partial charge in [-0.3, -0.25) is 0 Å². The van der Waals surface area contributed by atoms with E-state index in [2.05, 4.69) is 15.4 Å². The van der Waals surface area contributed by atoms with Crippen LogP contribution in [0.1, 0.15) is 13.8 Å². The van der Waals surface area contributed by atoms with Gasteiger partial charge in [0.2, 0.25) is 0 Å². The number of rotatable bonds is 1. The number of hydrazine groups is 1. The molecule has 0 saturated heterocycles. The normalized spacial score (nSPS) is 7.50. The van der Waals surface area contributed by atoms with E-state index in [0.29, 0.717) is 5.82 Å². The van der Waals surface area contributed by atoms with Crippen LogP contribution in [0, 0.1) is 0 Å². The van der Waals surface area contributed by atoms with Gasteiger partial charge in [-0.05, 0) is 0 Å². The quantitative estimate of drug-likeness (QED) is 0.447. The monoisotopic (exact) mass is 140 g/mol. The van der Waals surface area contributed by atoms with E-state index < -0.39 is 0 Å². The fraction of sp³-hybridized carbons (Fsp3) is 0.333. The molecule has 1 rings (SSSR count). The van der Waals surface area contributed by atoms with E-state index >= 15 is 0 Å². The van der Waals surface area contributed by atoms with Crippen molar-refractivity contribution in [1.82, 2.24) is 9.97 Å². The Hall–Kier alpha value is -1.16. The molecule has 0 aliphatic heterocycles. The third kappa shape index (κ3) is 2.99. The van der Waals surface area contributed by atoms with Crippen LogP contribution in [0.3, 0.4) is 0 Å². The van der Waals surface area contributed by atoms with Crippen LogP contribution < -0.4 is 11.3 Å². The first kappa shape index (κ1) is 8.84. The molecule has 0 atom stereocenters. The van der Waals surface area contributed by atoms with Gasteiger partial charge in [0, 0.05) is 12.3 Å². The summed E-state index contributed by atoms with van der Waals surface area (Å²) in [5.74, 6) is 5.63. The number of nitrogens with two attached hydrogens (primary N) is 1. The lowest BCUT2D eigenvalue weighted by Gasteiger charge is -1.92. The van der Waals surface area contributed by atoms with Crippen molar-refractivity contribution in [3.63, 3.8) is 0 Å². The molecule has 0 spiro atoms. The van der Waals surface area contributed by atoms with Crippen molar-refractivity contribution in [2.75, 3.05) is 5.43 Å². The van der Waals surface area contributed by atoms with Gasteiger partial charge in [-0.1, -0.05) is 13.8 Å². The molecular formula is C6H12N4. The first-order valence-corrected chi connectivity index (χ1v) is 3.16. The molecule has 4 nitrogen and oxygen atoms in total. The highest BCUT2D eigenvalue weighted by Crippen LogP contribution is 1.91. The van der Waals surface area contributed by atoms with E-state index in [1.807, 2.05) is 13.8 Å². The zero-order valence-corrected chi connectivity index (χ0v) is 6.20. The summed E-state index contributed by atoms with van der Waals surface area (Å²) in [7, 11) is 0. The molecule has 56 valence electrons. The summed E-state index contributed by atoms with van der Waals surface area (Å²) < 4.78 is 0. The van der Waals surface area contributed by atoms with E-state index in [1.54, 1.807) is 12.3 Å². The van der Waals surface area contributed by atoms with Gasteiger partial charge >= 0.3 is 0 Å². The fourth-order valence-electron chi connectivity index (χ4n) is 0.376. The van der Waals surface area contributed by atoms with Gasteiger partial charge in [-0.2, -0.15) is 0 Å². The highest BCUT2D eigenvalue weighted by Gasteiger charge is 1.80. The molecule has 0 aromatic carbocycles. The van der Waals surface area contributed by atoms with Gasteiger partial charge in [0.1, 0.15) is 12.1 Å². The van der Waals surface area contributed by atoms with Gasteiger partial charge in [0.25, 0.3) is 0 Å². The Morgan fingerprint density at radius 1 is 1.50 bits per heavy atom. The topological polar surface area (TPSA) is 63.8 Å². The molecule has 0 aliphatic rings. The Kier molecular flexibility index (Phi) is 5.28. The number of anilines is 1. The van der Waals surface area contributed by atoms with E-state index in [9.17, 15) is 0 Å². The van der Waals surface area contributed by atoms with Crippen LogP contribution in [0.5, 0.6) is 0 Å². The molecule has 10 heavy (non-hydrogen) atoms. The standard InChI is InChI=1S/C4H6N4.C2H6/c5-8-4-1-2-6-3-7-4;1-2/h1-3H,5H2,(H,6,7,8);1-2H3. The van der Waals surface area contributed by atoms with Crippen molar-refractivity contribution >= 4 is 5.82 Å². The van der Waals surface area contributed by atoms with Gasteiger partial charge in [0.05, 0.1) is 0 Å². The molecular weight excluding hydrogens is 128 g/mol. The smallest absolute Gasteiger partial charge is 0.143 e. The molecule has 1 aromatic heterocycles. The lowest BCUT2D eigenvalue weighted by atomic mass is 10.6. The summed E-state index contributed by atoms with van der Waals surface area (Å²) in [6.07, 6.45) is 3.04. The summed E-state index contributed by atoms with van der Waals surface area (Å²) in [4.78, 5) is 7.44. The van der Waals surface area contributed by atoms with Crippen LogP contribution in [0.4, 0.5) is 5.82 Å². The number of aromatic nitrogens is 2. The van der Waals surface area contributed by atoms with Gasteiger partial charge < -0.3 is 5.43 Å². The molecule has 4 heteroatoms. The molecule has 0 fully saturated rings. The average molecular weight is 140 g/mol. The highest BCUT2D eigenvalue weighted by molar-refractivity contribution is 5.28. The maximum atomic E-state index is 5.01. The lowest BCUT2D eigenvalue weighted by Crippen LogP contribution is -2.07. The predicted molar refractivity (Wildman–Crippen MR) is 41.2 cm³/mol. The summed E-state index contributed by atoms with van der Waals surface area (Å²) >= 11 is 0. The van der Waals surface area contributed by atoms with Crippen LogP contribution >= 0.6 is 0 Å². The second-order valence-corrected chi connectivity index (χ2v) is 1.24. The third-order valence-corrected chi connectivity index (χ3v) is 0.730. The van der Waals surface area contributed by atoms with Crippen molar-refractivity contribution < 1.29 is 0 Å². The van der Waals surface area contributed by atoms with Gasteiger partial charge in [-0.15, -0.1) is 0 Å². The van der Waals surface area contributed by atoms with Crippen LogP contribution in [-0.4, -0.2) is 9.97 Å². The van der Waals surface area contributed by atoms with Gasteiger partial charge in [0.15, 0.2) is 0 Å². The SMILES string of the molecule is CC.NNc1ccncn1. The summed E-state index contributed by atoms with van der Waals surface area (Å²) in [6.45, 7) is 4.00. The highest BCUT2D eigenvalue weighted by atomic mass is 15.2. The Morgan fingerprint density at radius 2 is 2.20 bits per heavy atom. The Balaban J connectivity index is 0.000000371. The molecule has 0 amide bonds. The minimum absolute atomic E-state index is 0.625. The number of hydrogen-bond acceptors (Lipinski definition) is 4. The maximum absolute atomic E-state index is 5.01. The molecule has 1 heterocycles. The van der Waals surface area contributed by atoms with Crippen molar-refractivity contribution in [1.29, 1.82) is 0 Å². The van der Waals surface area contributed by atoms with Crippen LogP contribution in [0.25, 0.3) is 0 Å². The maximum Gasteiger partial charge on any atom is 0.143 e. The number of nitrogens with zero attached hydrogens (tertiary/aromatic N) is 2. The van der Waals surface area contributed by atoms with Crippen LogP contribution in [0.15, 0.2) is 18.6 Å². The Labute approximate surface area is 60.5 Å². The molecule has 3 N–H and O–H groups in total. The average Bonchev–Trinajstić information content (AvgIpc) is 2.10. The molecule has 0 bridgehead atoms. The minimum atomic E-state index is 0.625. The van der Waals surface area contributed by atoms with Crippen molar-refractivity contribution in [2.45, 2.75) is 13.8 Å². The number of nitrogen functional groups attached to an aromatic ring is 1. The van der Waals surface area contributed by atoms with E-state index in [1.165, 1.54) is 6.33 Å².